The average Bonchev–Trinajstić information content (AvgIpc) is 3.97. The summed E-state index contributed by atoms with van der Waals surface area (Å²) in [6.07, 6.45) is 2.02. The second-order valence-electron chi connectivity index (χ2n) is 22.3. The zero-order chi connectivity index (χ0) is 53.4. The van der Waals surface area contributed by atoms with E-state index in [0.717, 1.165) is 71.5 Å². The molecule has 0 spiro atoms. The first-order chi connectivity index (χ1) is 36.2. The Hall–Kier alpha value is -6.74. The van der Waals surface area contributed by atoms with E-state index in [9.17, 15) is 0 Å². The molecular weight excluding hydrogens is 1110 g/mol. The summed E-state index contributed by atoms with van der Waals surface area (Å²) in [4.78, 5) is 10.0. The van der Waals surface area contributed by atoms with Gasteiger partial charge in [-0.2, -0.15) is 0 Å². The number of aromatic nitrogens is 3. The van der Waals surface area contributed by atoms with E-state index in [2.05, 4.69) is 192 Å². The van der Waals surface area contributed by atoms with Crippen molar-refractivity contribution in [2.75, 3.05) is 0 Å². The van der Waals surface area contributed by atoms with Crippen molar-refractivity contribution in [2.24, 2.45) is 0 Å². The number of imidazole rings is 1. The van der Waals surface area contributed by atoms with Gasteiger partial charge in [-0.25, -0.2) is 0 Å². The van der Waals surface area contributed by atoms with Crippen LogP contribution in [-0.2, 0) is 20.1 Å². The minimum atomic E-state index is -2.40. The monoisotopic (exact) mass is 1180 g/mol. The van der Waals surface area contributed by atoms with E-state index >= 15 is 0 Å². The van der Waals surface area contributed by atoms with Crippen molar-refractivity contribution in [3.05, 3.63) is 199 Å². The van der Waals surface area contributed by atoms with Crippen molar-refractivity contribution in [3.8, 4) is 39.5 Å². The van der Waals surface area contributed by atoms with Crippen LogP contribution >= 0.6 is 0 Å². The molecule has 3 heterocycles. The Morgan fingerprint density at radius 3 is 1.95 bits per heavy atom. The molecule has 9 aromatic carbocycles. The Balaban J connectivity index is 0.000000339. The van der Waals surface area contributed by atoms with Crippen LogP contribution in [0.25, 0.3) is 105 Å². The van der Waals surface area contributed by atoms with E-state index < -0.39 is 23.0 Å². The fraction of sp³-hybridized carbons (Fsp3) is 0.194. The number of aryl methyl sites for hydroxylation is 1. The summed E-state index contributed by atoms with van der Waals surface area (Å²) in [6.45, 7) is 20.8. The fourth-order valence-electron chi connectivity index (χ4n) is 10.3. The van der Waals surface area contributed by atoms with Crippen molar-refractivity contribution >= 4 is 91.8 Å². The van der Waals surface area contributed by atoms with E-state index in [1.165, 1.54) is 32.3 Å². The van der Waals surface area contributed by atoms with Crippen molar-refractivity contribution in [3.63, 3.8) is 0 Å². The summed E-state index contributed by atoms with van der Waals surface area (Å²) in [5, 5.41) is 11.6. The maximum Gasteiger partial charge on any atom is 0.121 e. The van der Waals surface area contributed by atoms with E-state index in [1.807, 2.05) is 66.9 Å². The van der Waals surface area contributed by atoms with Crippen LogP contribution in [0.5, 0.6) is 0 Å². The van der Waals surface area contributed by atoms with Gasteiger partial charge < -0.3 is 14.0 Å². The Morgan fingerprint density at radius 2 is 1.27 bits per heavy atom. The summed E-state index contributed by atoms with van der Waals surface area (Å²) in [5.74, 6) is 1.01. The Bertz CT molecular complexity index is 4160. The first kappa shape index (κ1) is 47.0. The summed E-state index contributed by atoms with van der Waals surface area (Å²) in [6, 6.07) is 63.3. The van der Waals surface area contributed by atoms with Crippen molar-refractivity contribution in [2.45, 2.75) is 85.7 Å². The van der Waals surface area contributed by atoms with Gasteiger partial charge in [-0.05, 0) is 120 Å². The molecule has 0 aliphatic carbocycles. The number of rotatable bonds is 8. The maximum atomic E-state index is 8.93. The molecular formula is C67H63IrN3OSi2-2. The average molecular weight is 1180 g/mol. The number of fused-ring (bicyclic) bond motifs is 8. The Labute approximate surface area is 456 Å². The van der Waals surface area contributed by atoms with Crippen molar-refractivity contribution < 1.29 is 28.6 Å². The van der Waals surface area contributed by atoms with Gasteiger partial charge in [-0.1, -0.05) is 180 Å². The number of benzene rings is 9. The molecule has 0 aliphatic rings. The first-order valence-corrected chi connectivity index (χ1v) is 32.6. The second kappa shape index (κ2) is 19.8. The van der Waals surface area contributed by atoms with Crippen molar-refractivity contribution in [1.82, 2.24) is 14.5 Å². The molecule has 74 heavy (non-hydrogen) atoms. The molecule has 1 radical (unpaired) electrons. The van der Waals surface area contributed by atoms with Crippen LogP contribution in [0.2, 0.25) is 39.3 Å². The van der Waals surface area contributed by atoms with Crippen LogP contribution in [0, 0.1) is 19.0 Å². The predicted octanol–water partition coefficient (Wildman–Crippen LogP) is 17.7. The van der Waals surface area contributed by atoms with Crippen molar-refractivity contribution in [1.29, 1.82) is 0 Å². The molecule has 0 aliphatic heterocycles. The zero-order valence-electron chi connectivity index (χ0n) is 46.9. The summed E-state index contributed by atoms with van der Waals surface area (Å²) >= 11 is 0. The largest absolute Gasteiger partial charge is 0.501 e. The third-order valence-corrected chi connectivity index (χ3v) is 18.5. The quantitative estimate of drug-likeness (QED) is 0.0865. The number of furan rings is 1. The van der Waals surface area contributed by atoms with Crippen LogP contribution in [-0.4, -0.2) is 30.7 Å². The SMILES string of the molecule is C[Si](C)(C)c1ccc(-c2[c-]cccc2)nc1.[2H]C([2H])([2H])c1cc2c(cc1-c1ccc3ccccc3c1)nc(-c1[c-]ccc3c1oc1cc4c(ccc5ccccc54)cc13)n2-c1c(C(C)C)cc([Si](C)(C)C)cc1C(C)C.[Ir]. The molecule has 12 rings (SSSR count). The van der Waals surface area contributed by atoms with Crippen LogP contribution in [0.3, 0.4) is 0 Å². The topological polar surface area (TPSA) is 43.9 Å². The molecule has 0 N–H and O–H groups in total. The molecule has 0 fully saturated rings. The molecule has 0 unspecified atom stereocenters. The van der Waals surface area contributed by atoms with Gasteiger partial charge in [0.1, 0.15) is 5.58 Å². The predicted molar refractivity (Wildman–Crippen MR) is 318 cm³/mol. The standard InChI is InChI=1S/C53H47N2OSi.C14H16NSi.Ir/c1-31(2)43-27-39(57(6,7)8)28-44(32(3)4)51(43)55-49-24-33(5)45(37-22-20-34-14-9-10-16-36(34)25-37)29-48(49)54-53(55)42-19-13-18-41-47-26-38-23-21-35-15-11-12-17-40(35)46(38)30-50(47)56-52(41)42;1-16(2,3)13-9-10-14(15-11-13)12-7-5-4-6-8-12;/h9-18,20-32H,1-8H3;4-7,9-11H,1-3H3;/q2*-1;/i5D3;;. The van der Waals surface area contributed by atoms with E-state index in [-0.39, 0.29) is 31.9 Å². The summed E-state index contributed by atoms with van der Waals surface area (Å²) < 4.78 is 36.0. The number of nitrogens with zero attached hydrogens (tertiary/aromatic N) is 3. The van der Waals surface area contributed by atoms with Gasteiger partial charge in [0.05, 0.1) is 38.6 Å². The maximum absolute atomic E-state index is 8.93. The summed E-state index contributed by atoms with van der Waals surface area (Å²) in [5.41, 5.74) is 11.0. The molecule has 0 amide bonds. The van der Waals surface area contributed by atoms with E-state index in [1.54, 1.807) is 0 Å². The summed E-state index contributed by atoms with van der Waals surface area (Å²) in [7, 11) is -2.97. The minimum absolute atomic E-state index is 0. The van der Waals surface area contributed by atoms with Gasteiger partial charge in [0.2, 0.25) is 0 Å². The van der Waals surface area contributed by atoms with E-state index in [4.69, 9.17) is 13.5 Å². The van der Waals surface area contributed by atoms with E-state index in [0.29, 0.717) is 28.1 Å². The number of pyridine rings is 1. The number of hydrogen-bond acceptors (Lipinski definition) is 3. The van der Waals surface area contributed by atoms with Crippen LogP contribution in [0.15, 0.2) is 174 Å². The Kier molecular flexibility index (Phi) is 12.6. The van der Waals surface area contributed by atoms with Crippen LogP contribution in [0.4, 0.5) is 0 Å². The Morgan fingerprint density at radius 1 is 0.581 bits per heavy atom. The molecule has 0 saturated heterocycles. The third-order valence-electron chi connectivity index (χ3n) is 14.5. The van der Waals surface area contributed by atoms with Crippen LogP contribution < -0.4 is 10.4 Å². The molecule has 0 atom stereocenters. The molecule has 7 heteroatoms. The zero-order valence-corrected chi connectivity index (χ0v) is 48.3. The molecule has 371 valence electrons. The van der Waals surface area contributed by atoms with Gasteiger partial charge in [-0.15, -0.1) is 54.1 Å². The molecule has 12 aromatic rings. The fourth-order valence-corrected chi connectivity index (χ4v) is 12.5. The third kappa shape index (κ3) is 9.41. The van der Waals surface area contributed by atoms with Gasteiger partial charge in [0.25, 0.3) is 0 Å². The normalized spacial score (nSPS) is 12.9. The smallest absolute Gasteiger partial charge is 0.121 e. The second-order valence-corrected chi connectivity index (χ2v) is 32.4. The molecule has 0 bridgehead atoms. The van der Waals surface area contributed by atoms with Gasteiger partial charge in [0, 0.05) is 41.5 Å². The van der Waals surface area contributed by atoms with Gasteiger partial charge in [-0.3, -0.25) is 4.98 Å². The number of hydrogen-bond donors (Lipinski definition) is 0. The van der Waals surface area contributed by atoms with Crippen LogP contribution in [0.1, 0.15) is 60.3 Å². The minimum Gasteiger partial charge on any atom is -0.501 e. The van der Waals surface area contributed by atoms with Gasteiger partial charge >= 0.3 is 0 Å². The first-order valence-electron chi connectivity index (χ1n) is 27.1. The molecule has 3 aromatic heterocycles. The van der Waals surface area contributed by atoms with Gasteiger partial charge in [0.15, 0.2) is 0 Å². The molecule has 0 saturated carbocycles. The molecule has 4 nitrogen and oxygen atoms in total.